The van der Waals surface area contributed by atoms with Crippen LogP contribution >= 0.6 is 0 Å². The van der Waals surface area contributed by atoms with Gasteiger partial charge in [-0.3, -0.25) is 0 Å². The van der Waals surface area contributed by atoms with Crippen LogP contribution in [0.25, 0.3) is 0 Å². The van der Waals surface area contributed by atoms with E-state index in [0.29, 0.717) is 18.8 Å². The van der Waals surface area contributed by atoms with Crippen molar-refractivity contribution in [1.82, 2.24) is 0 Å². The molecule has 3 aliphatic rings. The zero-order valence-corrected chi connectivity index (χ0v) is 17.0. The summed E-state index contributed by atoms with van der Waals surface area (Å²) in [7, 11) is 0. The Hall–Kier alpha value is -1.34. The minimum atomic E-state index is -1.31. The Labute approximate surface area is 166 Å². The number of hydrogen-bond donors (Lipinski definition) is 2. The Kier molecular flexibility index (Phi) is 5.33. The van der Waals surface area contributed by atoms with Gasteiger partial charge in [-0.1, -0.05) is 13.3 Å². The van der Waals surface area contributed by atoms with Crippen LogP contribution in [0, 0.1) is 17.8 Å². The van der Waals surface area contributed by atoms with Crippen molar-refractivity contribution in [3.8, 4) is 11.5 Å². The van der Waals surface area contributed by atoms with Crippen molar-refractivity contribution in [2.75, 3.05) is 6.61 Å². The largest absolute Gasteiger partial charge is 0.494 e. The molecule has 6 nitrogen and oxygen atoms in total. The second kappa shape index (κ2) is 7.48. The summed E-state index contributed by atoms with van der Waals surface area (Å²) in [5.74, 6) is 0.235. The van der Waals surface area contributed by atoms with Gasteiger partial charge in [-0.25, -0.2) is 0 Å². The van der Waals surface area contributed by atoms with Crippen molar-refractivity contribution < 1.29 is 29.2 Å². The average molecular weight is 392 g/mol. The zero-order chi connectivity index (χ0) is 19.9. The molecule has 1 aromatic rings. The van der Waals surface area contributed by atoms with E-state index >= 15 is 0 Å². The van der Waals surface area contributed by atoms with Gasteiger partial charge in [0.15, 0.2) is 12.1 Å². The number of aliphatic hydroxyl groups is 2. The van der Waals surface area contributed by atoms with E-state index < -0.39 is 24.0 Å². The van der Waals surface area contributed by atoms with Gasteiger partial charge in [-0.15, -0.1) is 0 Å². The average Bonchev–Trinajstić information content (AvgIpc) is 2.75. The fourth-order valence-corrected chi connectivity index (χ4v) is 5.22. The standard InChI is InChI=1S/C22H32O6/c1-4-25-16-8-10-17(11-9-16)26-19-14(2)18-7-5-6-15-12-13-21(3,23)28-20(27-19)22(15,18)24/h8-11,14-15,18-20,23-24H,4-7,12-13H2,1-3H3. The van der Waals surface area contributed by atoms with Crippen LogP contribution in [-0.4, -0.2) is 40.8 Å². The van der Waals surface area contributed by atoms with Crippen LogP contribution in [0.2, 0.25) is 0 Å². The highest BCUT2D eigenvalue weighted by Crippen LogP contribution is 2.54. The van der Waals surface area contributed by atoms with E-state index in [2.05, 4.69) is 6.92 Å². The molecule has 2 heterocycles. The van der Waals surface area contributed by atoms with Gasteiger partial charge in [0.1, 0.15) is 17.1 Å². The Morgan fingerprint density at radius 1 is 1.11 bits per heavy atom. The quantitative estimate of drug-likeness (QED) is 0.817. The maximum atomic E-state index is 11.7. The lowest BCUT2D eigenvalue weighted by Gasteiger charge is -2.55. The molecule has 4 rings (SSSR count). The molecular formula is C22H32O6. The zero-order valence-electron chi connectivity index (χ0n) is 17.0. The molecule has 1 saturated carbocycles. The second-order valence-electron chi connectivity index (χ2n) is 8.67. The van der Waals surface area contributed by atoms with Crippen molar-refractivity contribution in [3.05, 3.63) is 24.3 Å². The third-order valence-corrected chi connectivity index (χ3v) is 6.72. The Morgan fingerprint density at radius 3 is 2.54 bits per heavy atom. The molecule has 7 atom stereocenters. The first-order valence-electron chi connectivity index (χ1n) is 10.5. The maximum Gasteiger partial charge on any atom is 0.205 e. The van der Waals surface area contributed by atoms with Gasteiger partial charge in [0.25, 0.3) is 0 Å². The molecule has 0 aromatic heterocycles. The molecule has 3 fully saturated rings. The number of rotatable bonds is 4. The molecule has 0 bridgehead atoms. The predicted octanol–water partition coefficient (Wildman–Crippen LogP) is 3.45. The molecule has 0 radical (unpaired) electrons. The summed E-state index contributed by atoms with van der Waals surface area (Å²) in [6, 6.07) is 7.45. The van der Waals surface area contributed by atoms with Gasteiger partial charge in [-0.05, 0) is 63.3 Å². The van der Waals surface area contributed by atoms with E-state index in [0.717, 1.165) is 31.4 Å². The first-order chi connectivity index (χ1) is 13.3. The molecule has 2 aliphatic heterocycles. The second-order valence-corrected chi connectivity index (χ2v) is 8.67. The monoisotopic (exact) mass is 392 g/mol. The van der Waals surface area contributed by atoms with Crippen LogP contribution in [0.3, 0.4) is 0 Å². The van der Waals surface area contributed by atoms with Crippen LogP contribution < -0.4 is 9.47 Å². The minimum Gasteiger partial charge on any atom is -0.494 e. The number of ether oxygens (including phenoxy) is 4. The molecule has 156 valence electrons. The summed E-state index contributed by atoms with van der Waals surface area (Å²) in [6.45, 7) is 6.28. The summed E-state index contributed by atoms with van der Waals surface area (Å²) in [4.78, 5) is 0. The normalized spacial score (nSPS) is 43.0. The van der Waals surface area contributed by atoms with Gasteiger partial charge in [0.05, 0.1) is 6.61 Å². The summed E-state index contributed by atoms with van der Waals surface area (Å²) in [5.41, 5.74) is -1.09. The van der Waals surface area contributed by atoms with Crippen molar-refractivity contribution in [2.45, 2.75) is 76.8 Å². The molecule has 28 heavy (non-hydrogen) atoms. The van der Waals surface area contributed by atoms with Gasteiger partial charge in [0, 0.05) is 18.3 Å². The molecule has 1 aromatic carbocycles. The van der Waals surface area contributed by atoms with Crippen LogP contribution in [0.15, 0.2) is 24.3 Å². The van der Waals surface area contributed by atoms with E-state index in [1.165, 1.54) is 0 Å². The van der Waals surface area contributed by atoms with Crippen LogP contribution in [0.4, 0.5) is 0 Å². The lowest BCUT2D eigenvalue weighted by atomic mass is 9.61. The number of hydrogen-bond acceptors (Lipinski definition) is 6. The first-order valence-corrected chi connectivity index (χ1v) is 10.5. The third-order valence-electron chi connectivity index (χ3n) is 6.72. The van der Waals surface area contributed by atoms with Crippen molar-refractivity contribution in [3.63, 3.8) is 0 Å². The van der Waals surface area contributed by atoms with Crippen molar-refractivity contribution >= 4 is 0 Å². The van der Waals surface area contributed by atoms with E-state index in [9.17, 15) is 10.2 Å². The lowest BCUT2D eigenvalue weighted by Crippen LogP contribution is -2.66. The Balaban J connectivity index is 1.57. The van der Waals surface area contributed by atoms with E-state index in [4.69, 9.17) is 18.9 Å². The van der Waals surface area contributed by atoms with Crippen LogP contribution in [0.1, 0.15) is 52.9 Å². The summed E-state index contributed by atoms with van der Waals surface area (Å²) in [5, 5.41) is 22.3. The highest BCUT2D eigenvalue weighted by Gasteiger charge is 2.62. The topological polar surface area (TPSA) is 77.4 Å². The van der Waals surface area contributed by atoms with Crippen LogP contribution in [0.5, 0.6) is 11.5 Å². The molecular weight excluding hydrogens is 360 g/mol. The fraction of sp³-hybridized carbons (Fsp3) is 0.727. The van der Waals surface area contributed by atoms with Crippen molar-refractivity contribution in [1.29, 1.82) is 0 Å². The molecule has 6 heteroatoms. The van der Waals surface area contributed by atoms with E-state index in [1.807, 2.05) is 31.2 Å². The van der Waals surface area contributed by atoms with Gasteiger partial charge >= 0.3 is 0 Å². The van der Waals surface area contributed by atoms with Crippen molar-refractivity contribution in [2.24, 2.45) is 17.8 Å². The summed E-state index contributed by atoms with van der Waals surface area (Å²) in [6.07, 6.45) is 2.67. The lowest BCUT2D eigenvalue weighted by molar-refractivity contribution is -0.396. The van der Waals surface area contributed by atoms with Crippen LogP contribution in [-0.2, 0) is 9.47 Å². The molecule has 0 amide bonds. The highest BCUT2D eigenvalue weighted by molar-refractivity contribution is 5.31. The van der Waals surface area contributed by atoms with E-state index in [-0.39, 0.29) is 17.8 Å². The fourth-order valence-electron chi connectivity index (χ4n) is 5.22. The molecule has 2 saturated heterocycles. The van der Waals surface area contributed by atoms with Gasteiger partial charge in [-0.2, -0.15) is 0 Å². The Morgan fingerprint density at radius 2 is 1.82 bits per heavy atom. The van der Waals surface area contributed by atoms with Gasteiger partial charge < -0.3 is 29.2 Å². The van der Waals surface area contributed by atoms with E-state index in [1.54, 1.807) is 6.92 Å². The molecule has 2 N–H and O–H groups in total. The predicted molar refractivity (Wildman–Crippen MR) is 103 cm³/mol. The number of benzene rings is 1. The van der Waals surface area contributed by atoms with Gasteiger partial charge in [0.2, 0.25) is 6.29 Å². The minimum absolute atomic E-state index is 0.00210. The summed E-state index contributed by atoms with van der Waals surface area (Å²) < 4.78 is 23.7. The highest BCUT2D eigenvalue weighted by atomic mass is 16.8. The maximum absolute atomic E-state index is 11.7. The molecule has 0 spiro atoms. The molecule has 7 unspecified atom stereocenters. The molecule has 1 aliphatic carbocycles. The first kappa shape index (κ1) is 20.0. The summed E-state index contributed by atoms with van der Waals surface area (Å²) >= 11 is 0. The smallest absolute Gasteiger partial charge is 0.205 e. The third kappa shape index (κ3) is 3.52. The Bertz CT molecular complexity index is 674. The SMILES string of the molecule is CCOc1ccc(OC2OC3OC(C)(O)CCC4CCCC(C2C)C43O)cc1.